The lowest BCUT2D eigenvalue weighted by molar-refractivity contribution is -0.361. The van der Waals surface area contributed by atoms with Crippen molar-refractivity contribution >= 4 is 113 Å². The average molecular weight is 1840 g/mol. The highest BCUT2D eigenvalue weighted by Crippen LogP contribution is 2.39. The topological polar surface area (TPSA) is 622 Å². The molecule has 0 aliphatic carbocycles. The molecule has 1 aromatic rings. The predicted molar refractivity (Wildman–Crippen MR) is 410 cm³/mol. The molecule has 4 aliphatic heterocycles. The molecule has 716 valence electrons. The van der Waals surface area contributed by atoms with Gasteiger partial charge in [-0.3, -0.25) is 86.3 Å². The van der Waals surface area contributed by atoms with E-state index in [0.717, 1.165) is 104 Å². The molecule has 128 heavy (non-hydrogen) atoms. The zero-order valence-electron chi connectivity index (χ0n) is 72.8. The molecule has 50 heteroatoms. The van der Waals surface area contributed by atoms with E-state index in [1.807, 2.05) is 0 Å². The first kappa shape index (κ1) is 107. The van der Waals surface area contributed by atoms with Gasteiger partial charge in [0, 0.05) is 116 Å². The number of hydrogen-bond donors (Lipinski definition) is 4. The molecular weight excluding hydrogens is 1730 g/mol. The summed E-state index contributed by atoms with van der Waals surface area (Å²) >= 11 is 0. The van der Waals surface area contributed by atoms with Gasteiger partial charge in [-0.05, 0) is 25.0 Å². The quantitative estimate of drug-likeness (QED) is 0.0283. The fourth-order valence-electron chi connectivity index (χ4n) is 12.6. The van der Waals surface area contributed by atoms with Crippen molar-refractivity contribution in [1.29, 1.82) is 0 Å². The number of ether oxygens (including phenoxy) is 27. The van der Waals surface area contributed by atoms with E-state index in [1.54, 1.807) is 0 Å². The first-order valence-electron chi connectivity index (χ1n) is 39.7. The number of rotatable bonds is 49. The maximum Gasteiger partial charge on any atom is 0.338 e. The minimum absolute atomic E-state index is 0.00234. The Bertz CT molecular complexity index is 3750. The number of amides is 4. The summed E-state index contributed by atoms with van der Waals surface area (Å²) in [4.78, 5) is 238. The van der Waals surface area contributed by atoms with Gasteiger partial charge in [0.1, 0.15) is 114 Å². The average Bonchev–Trinajstić information content (AvgIpc) is 0.767. The molecular formula is C78H108N4O46. The number of carbonyl (C=O) groups is 19. The normalized spacial score (nSPS) is 25.1. The van der Waals surface area contributed by atoms with Crippen molar-refractivity contribution < 1.29 is 219 Å². The molecule has 4 heterocycles. The zero-order chi connectivity index (χ0) is 95.0. The van der Waals surface area contributed by atoms with Crippen LogP contribution in [0.25, 0.3) is 0 Å². The Labute approximate surface area is 731 Å². The van der Waals surface area contributed by atoms with Crippen molar-refractivity contribution in [3.05, 3.63) is 23.8 Å². The Balaban J connectivity index is 1.07. The second-order valence-corrected chi connectivity index (χ2v) is 28.0. The molecule has 0 saturated carbocycles. The molecule has 50 nitrogen and oxygen atoms in total. The summed E-state index contributed by atoms with van der Waals surface area (Å²) in [6, 6.07) is 4.07. The minimum atomic E-state index is -1.92. The van der Waals surface area contributed by atoms with E-state index < -0.39 is 289 Å². The van der Waals surface area contributed by atoms with Crippen molar-refractivity contribution in [2.24, 2.45) is 0 Å². The Morgan fingerprint density at radius 2 is 0.523 bits per heavy atom. The van der Waals surface area contributed by atoms with E-state index in [1.165, 1.54) is 18.2 Å². The molecule has 4 saturated heterocycles. The molecule has 20 atom stereocenters. The van der Waals surface area contributed by atoms with Crippen LogP contribution in [-0.4, -0.2) is 349 Å². The third kappa shape index (κ3) is 38.1. The summed E-state index contributed by atoms with van der Waals surface area (Å²) in [5.41, 5.74) is 0.00234. The van der Waals surface area contributed by atoms with Crippen LogP contribution in [0.1, 0.15) is 120 Å². The third-order valence-corrected chi connectivity index (χ3v) is 17.2. The molecule has 0 radical (unpaired) electrons. The monoisotopic (exact) mass is 1840 g/mol. The van der Waals surface area contributed by atoms with Gasteiger partial charge in [0.2, 0.25) is 23.6 Å². The Morgan fingerprint density at radius 3 is 0.797 bits per heavy atom. The Kier molecular flexibility index (Phi) is 45.5. The van der Waals surface area contributed by atoms with Crippen molar-refractivity contribution in [3.8, 4) is 11.5 Å². The van der Waals surface area contributed by atoms with Gasteiger partial charge in [-0.1, -0.05) is 0 Å². The van der Waals surface area contributed by atoms with E-state index in [0.29, 0.717) is 0 Å². The van der Waals surface area contributed by atoms with Crippen LogP contribution in [0.3, 0.4) is 0 Å². The molecule has 0 bridgehead atoms. The van der Waals surface area contributed by atoms with Crippen LogP contribution in [0.5, 0.6) is 11.5 Å². The van der Waals surface area contributed by atoms with Gasteiger partial charge >= 0.3 is 89.5 Å². The maximum absolute atomic E-state index is 12.8. The van der Waals surface area contributed by atoms with Gasteiger partial charge in [0.15, 0.2) is 86.2 Å². The summed E-state index contributed by atoms with van der Waals surface area (Å²) in [6.45, 7) is 7.87. The number of nitrogens with one attached hydrogen (secondary N) is 4. The number of benzene rings is 1. The molecule has 4 amide bonds. The van der Waals surface area contributed by atoms with Gasteiger partial charge < -0.3 is 149 Å². The fourth-order valence-corrected chi connectivity index (χ4v) is 12.6. The Morgan fingerprint density at radius 1 is 0.281 bits per heavy atom. The van der Waals surface area contributed by atoms with Gasteiger partial charge in [-0.15, -0.1) is 0 Å². The van der Waals surface area contributed by atoms with Crippen LogP contribution in [-0.2, 0) is 205 Å². The minimum Gasteiger partial charge on any atom is -0.492 e. The molecule has 4 fully saturated rings. The lowest BCUT2D eigenvalue weighted by Gasteiger charge is -2.48. The molecule has 4 aliphatic rings. The van der Waals surface area contributed by atoms with Gasteiger partial charge in [0.25, 0.3) is 0 Å². The molecule has 1 aromatic carbocycles. The predicted octanol–water partition coefficient (Wildman–Crippen LogP) is -3.22. The highest BCUT2D eigenvalue weighted by atomic mass is 16.8. The van der Waals surface area contributed by atoms with E-state index in [-0.39, 0.29) is 82.5 Å². The lowest BCUT2D eigenvalue weighted by atomic mass is 9.96. The van der Waals surface area contributed by atoms with Crippen LogP contribution in [0.15, 0.2) is 18.2 Å². The van der Waals surface area contributed by atoms with Crippen molar-refractivity contribution in [2.45, 2.75) is 233 Å². The summed E-state index contributed by atoms with van der Waals surface area (Å²) in [7, 11) is 1.14. The van der Waals surface area contributed by atoms with Crippen molar-refractivity contribution in [2.75, 3.05) is 113 Å². The van der Waals surface area contributed by atoms with Crippen LogP contribution >= 0.6 is 0 Å². The number of carbonyl (C=O) groups excluding carboxylic acids is 19. The second-order valence-electron chi connectivity index (χ2n) is 28.0. The summed E-state index contributed by atoms with van der Waals surface area (Å²) in [5.74, 6) is -16.2. The smallest absolute Gasteiger partial charge is 0.338 e. The molecule has 0 aromatic heterocycles. The van der Waals surface area contributed by atoms with E-state index in [2.05, 4.69) is 21.3 Å². The number of methoxy groups -OCH3 is 1. The molecule has 4 N–H and O–H groups in total. The standard InChI is InChI=1S/C78H108N4O46/c1-37(83)109-29-54-62(113-41(5)87)66(115-43(7)89)72(121-49(13)95)77(125-54)127-64-56(31-111-39(3)85)123-75(70(119-47(11)93)68(64)117-45(9)91)107-22-16-18-79-58(97)33-103-35-60(99)81-20-24-105-52-26-51(74(101)102-15)27-53(28-52)106-25-21-82-61(100)36-104-34-59(98)80-19-17-23-108-76-71(120-48(12)94)69(118-46(10)92)65(57(124-76)32-112-40(4)86)128-78-73(122-50(14)96)67(116-44(8)90)63(114-42(6)88)55(126-78)30-110-38(2)84/h26-28,54-57,62-73,75-78H,16-25,29-36H2,1-15H3,(H,79,97)(H,80,98)(H,81,99)(H,82,100)/t54-,55-,56-,57-,62+,63+,64+,65+,66+,67+,68+,69+,70-,71-,72-,73-,75-,76-,77-,78-/m1/s1. The fraction of sp³-hybridized carbons (Fsp3) is 0.679. The molecule has 0 unspecified atom stereocenters. The number of hydrogen-bond acceptors (Lipinski definition) is 46. The van der Waals surface area contributed by atoms with Crippen LogP contribution in [0.4, 0.5) is 0 Å². The highest BCUT2D eigenvalue weighted by Gasteiger charge is 2.60. The van der Waals surface area contributed by atoms with Gasteiger partial charge in [0.05, 0.1) is 39.0 Å². The van der Waals surface area contributed by atoms with Gasteiger partial charge in [-0.25, -0.2) is 4.79 Å². The van der Waals surface area contributed by atoms with E-state index >= 15 is 0 Å². The van der Waals surface area contributed by atoms with Crippen LogP contribution in [0.2, 0.25) is 0 Å². The van der Waals surface area contributed by atoms with E-state index in [9.17, 15) is 91.1 Å². The van der Waals surface area contributed by atoms with Crippen molar-refractivity contribution in [1.82, 2.24) is 21.3 Å². The Hall–Kier alpha value is -11.6. The molecule has 0 spiro atoms. The summed E-state index contributed by atoms with van der Waals surface area (Å²) in [5, 5.41) is 10.2. The second kappa shape index (κ2) is 54.5. The first-order chi connectivity index (χ1) is 60.5. The maximum atomic E-state index is 12.8. The van der Waals surface area contributed by atoms with Crippen LogP contribution < -0.4 is 30.7 Å². The number of esters is 15. The van der Waals surface area contributed by atoms with E-state index in [4.69, 9.17) is 128 Å². The first-order valence-corrected chi connectivity index (χ1v) is 39.7. The highest BCUT2D eigenvalue weighted by molar-refractivity contribution is 5.90. The SMILES string of the molecule is COC(=O)c1cc(OCCNC(=O)COCC(=O)NCCCO[C@@H]2O[C@H](COC(C)=O)[C@H](O[C@H]3O[C@H](COC(C)=O)[C@H](OC(C)=O)[C@H](OC(C)=O)[C@H]3OC(C)=O)[C@H](OC(C)=O)[C@H]2OC(C)=O)cc(OCCNC(=O)COCC(=O)NCCCO[C@@H]2O[C@H](COC(C)=O)[C@H](O[C@H]3O[C@H](COC(C)=O)[C@H](OC(C)=O)[C@H](OC(C)=O)[C@H]3OC(C)=O)[C@H](OC(C)=O)[C@H]2OC(C)=O)c1. The summed E-state index contributed by atoms with van der Waals surface area (Å²) in [6.07, 6.45) is -33.8. The molecule has 5 rings (SSSR count). The largest absolute Gasteiger partial charge is 0.492 e. The third-order valence-electron chi connectivity index (χ3n) is 17.2. The lowest BCUT2D eigenvalue weighted by Crippen LogP contribution is -2.67. The van der Waals surface area contributed by atoms with Crippen molar-refractivity contribution in [3.63, 3.8) is 0 Å². The summed E-state index contributed by atoms with van der Waals surface area (Å²) < 4.78 is 152. The van der Waals surface area contributed by atoms with Gasteiger partial charge in [-0.2, -0.15) is 0 Å². The van der Waals surface area contributed by atoms with Crippen LogP contribution in [0, 0.1) is 0 Å². The zero-order valence-corrected chi connectivity index (χ0v) is 72.8.